The standard InChI is InChI=1S/C25H34BN2O5/c1-7-21(25(4,5)6)28(24(32)19-10-16(3)11-20(14-19)26-33)27-23(31)18-9-15(2)8-17(12-18)13-22(29)30/h8-12,14,21-22,29-30,33H,7,13H2,1-6H3,(H,27,31)/t21-/m1/s1. The first-order chi connectivity index (χ1) is 15.3. The van der Waals surface area contributed by atoms with E-state index in [2.05, 4.69) is 5.43 Å². The van der Waals surface area contributed by atoms with E-state index in [0.717, 1.165) is 18.6 Å². The predicted molar refractivity (Wildman–Crippen MR) is 129 cm³/mol. The lowest BCUT2D eigenvalue weighted by Crippen LogP contribution is -2.56. The monoisotopic (exact) mass is 453 g/mol. The van der Waals surface area contributed by atoms with Gasteiger partial charge in [0.2, 0.25) is 0 Å². The van der Waals surface area contributed by atoms with Gasteiger partial charge in [0, 0.05) is 17.5 Å². The summed E-state index contributed by atoms with van der Waals surface area (Å²) >= 11 is 0. The average molecular weight is 453 g/mol. The summed E-state index contributed by atoms with van der Waals surface area (Å²) in [6.45, 7) is 11.6. The number of hydrazine groups is 1. The Balaban J connectivity index is 2.47. The summed E-state index contributed by atoms with van der Waals surface area (Å²) in [6, 6.07) is 9.81. The number of aliphatic hydroxyl groups excluding tert-OH is 1. The van der Waals surface area contributed by atoms with Crippen molar-refractivity contribution in [2.45, 2.75) is 66.7 Å². The molecule has 2 aromatic rings. The van der Waals surface area contributed by atoms with Crippen LogP contribution in [0.15, 0.2) is 36.4 Å². The number of carbonyl (C=O) groups excluding carboxylic acids is 2. The van der Waals surface area contributed by atoms with Crippen molar-refractivity contribution in [2.75, 3.05) is 0 Å². The molecular formula is C25H34BN2O5. The van der Waals surface area contributed by atoms with Crippen LogP contribution < -0.4 is 10.9 Å². The summed E-state index contributed by atoms with van der Waals surface area (Å²) in [6.07, 6.45) is -0.922. The van der Waals surface area contributed by atoms with Crippen molar-refractivity contribution >= 4 is 24.8 Å². The van der Waals surface area contributed by atoms with Gasteiger partial charge in [-0.15, -0.1) is 0 Å². The second-order valence-corrected chi connectivity index (χ2v) is 9.56. The Morgan fingerprint density at radius 3 is 2.15 bits per heavy atom. The molecule has 2 rings (SSSR count). The van der Waals surface area contributed by atoms with Crippen molar-refractivity contribution in [3.63, 3.8) is 0 Å². The van der Waals surface area contributed by atoms with E-state index in [9.17, 15) is 24.8 Å². The summed E-state index contributed by atoms with van der Waals surface area (Å²) in [4.78, 5) is 26.9. The van der Waals surface area contributed by atoms with Gasteiger partial charge in [-0.2, -0.15) is 0 Å². The molecule has 0 aliphatic rings. The topological polar surface area (TPSA) is 110 Å². The first-order valence-corrected chi connectivity index (χ1v) is 11.1. The molecule has 0 spiro atoms. The molecule has 0 fully saturated rings. The van der Waals surface area contributed by atoms with Crippen molar-refractivity contribution in [1.29, 1.82) is 0 Å². The second kappa shape index (κ2) is 11.0. The van der Waals surface area contributed by atoms with Gasteiger partial charge in [0.25, 0.3) is 11.8 Å². The fourth-order valence-corrected chi connectivity index (χ4v) is 4.10. The van der Waals surface area contributed by atoms with Crippen LogP contribution in [0.3, 0.4) is 0 Å². The number of benzene rings is 2. The molecule has 0 heterocycles. The minimum Gasteiger partial charge on any atom is -0.450 e. The molecule has 0 aliphatic heterocycles. The van der Waals surface area contributed by atoms with Crippen LogP contribution in [0.5, 0.6) is 0 Å². The minimum absolute atomic E-state index is 0.00604. The fourth-order valence-electron chi connectivity index (χ4n) is 4.10. The Hall–Kier alpha value is -2.68. The second-order valence-electron chi connectivity index (χ2n) is 9.56. The molecule has 8 heteroatoms. The molecule has 0 aromatic heterocycles. The van der Waals surface area contributed by atoms with E-state index in [0.29, 0.717) is 28.6 Å². The maximum absolute atomic E-state index is 13.6. The quantitative estimate of drug-likeness (QED) is 0.291. The SMILES string of the molecule is CC[C@@H](N(NC(=O)c1cc(C)cc(CC(O)O)c1)C(=O)c1cc(C)cc([B]O)c1)C(C)(C)C. The van der Waals surface area contributed by atoms with Crippen LogP contribution >= 0.6 is 0 Å². The van der Waals surface area contributed by atoms with Crippen molar-refractivity contribution in [1.82, 2.24) is 10.4 Å². The molecule has 1 radical (unpaired) electrons. The maximum Gasteiger partial charge on any atom is 0.326 e. The van der Waals surface area contributed by atoms with Crippen LogP contribution in [-0.2, 0) is 6.42 Å². The summed E-state index contributed by atoms with van der Waals surface area (Å²) in [5, 5.41) is 29.4. The molecule has 0 bridgehead atoms. The van der Waals surface area contributed by atoms with Crippen molar-refractivity contribution in [2.24, 2.45) is 5.41 Å². The highest BCUT2D eigenvalue weighted by molar-refractivity contribution is 6.45. The third-order valence-electron chi connectivity index (χ3n) is 5.45. The molecule has 0 saturated carbocycles. The summed E-state index contributed by atoms with van der Waals surface area (Å²) in [5.41, 5.74) is 5.86. The van der Waals surface area contributed by atoms with Crippen LogP contribution in [-0.4, -0.2) is 51.9 Å². The smallest absolute Gasteiger partial charge is 0.326 e. The Kier molecular flexibility index (Phi) is 8.83. The van der Waals surface area contributed by atoms with Gasteiger partial charge in [-0.3, -0.25) is 15.0 Å². The first kappa shape index (κ1) is 26.6. The number of amides is 2. The number of aryl methyl sites for hydroxylation is 2. The van der Waals surface area contributed by atoms with E-state index in [1.54, 1.807) is 36.4 Å². The van der Waals surface area contributed by atoms with Gasteiger partial charge in [-0.05, 0) is 49.4 Å². The third kappa shape index (κ3) is 7.15. The van der Waals surface area contributed by atoms with E-state index in [4.69, 9.17) is 0 Å². The lowest BCUT2D eigenvalue weighted by Gasteiger charge is -2.39. The van der Waals surface area contributed by atoms with Crippen LogP contribution in [0, 0.1) is 19.3 Å². The molecule has 1 atom stereocenters. The Morgan fingerprint density at radius 1 is 1.00 bits per heavy atom. The Bertz CT molecular complexity index is 1000. The lowest BCUT2D eigenvalue weighted by atomic mass is 9.83. The Morgan fingerprint density at radius 2 is 1.61 bits per heavy atom. The molecule has 2 aromatic carbocycles. The third-order valence-corrected chi connectivity index (χ3v) is 5.45. The lowest BCUT2D eigenvalue weighted by molar-refractivity contribution is -0.0381. The van der Waals surface area contributed by atoms with Crippen LogP contribution in [0.25, 0.3) is 0 Å². The van der Waals surface area contributed by atoms with E-state index < -0.39 is 12.2 Å². The van der Waals surface area contributed by atoms with Crippen molar-refractivity contribution < 1.29 is 24.8 Å². The van der Waals surface area contributed by atoms with Gasteiger partial charge in [0.15, 0.2) is 6.29 Å². The zero-order valence-electron chi connectivity index (χ0n) is 20.2. The van der Waals surface area contributed by atoms with E-state index in [1.165, 1.54) is 5.01 Å². The van der Waals surface area contributed by atoms with E-state index >= 15 is 0 Å². The largest absolute Gasteiger partial charge is 0.450 e. The highest BCUT2D eigenvalue weighted by Crippen LogP contribution is 2.27. The summed E-state index contributed by atoms with van der Waals surface area (Å²) in [7, 11) is 0.942. The number of carbonyl (C=O) groups is 2. The number of hydrogen-bond donors (Lipinski definition) is 4. The van der Waals surface area contributed by atoms with Gasteiger partial charge in [-0.1, -0.05) is 62.5 Å². The van der Waals surface area contributed by atoms with Gasteiger partial charge in [0.05, 0.1) is 6.04 Å². The molecule has 177 valence electrons. The molecule has 33 heavy (non-hydrogen) atoms. The van der Waals surface area contributed by atoms with Crippen molar-refractivity contribution in [3.8, 4) is 0 Å². The number of rotatable bonds is 7. The maximum atomic E-state index is 13.6. The van der Waals surface area contributed by atoms with E-state index in [1.807, 2.05) is 41.5 Å². The molecule has 0 saturated heterocycles. The Labute approximate surface area is 196 Å². The summed E-state index contributed by atoms with van der Waals surface area (Å²) < 4.78 is 0. The number of hydrogen-bond acceptors (Lipinski definition) is 5. The van der Waals surface area contributed by atoms with Crippen LogP contribution in [0.4, 0.5) is 0 Å². The van der Waals surface area contributed by atoms with Crippen LogP contribution in [0.2, 0.25) is 0 Å². The van der Waals surface area contributed by atoms with Gasteiger partial charge in [-0.25, -0.2) is 5.01 Å². The minimum atomic E-state index is -1.52. The average Bonchev–Trinajstić information content (AvgIpc) is 2.70. The van der Waals surface area contributed by atoms with Crippen molar-refractivity contribution in [3.05, 3.63) is 64.2 Å². The molecule has 0 aliphatic carbocycles. The molecular weight excluding hydrogens is 419 g/mol. The van der Waals surface area contributed by atoms with Gasteiger partial charge in [0.1, 0.15) is 0 Å². The number of aliphatic hydroxyl groups is 2. The highest BCUT2D eigenvalue weighted by Gasteiger charge is 2.34. The molecule has 4 N–H and O–H groups in total. The zero-order valence-corrected chi connectivity index (χ0v) is 20.2. The first-order valence-electron chi connectivity index (χ1n) is 11.1. The molecule has 7 nitrogen and oxygen atoms in total. The summed E-state index contributed by atoms with van der Waals surface area (Å²) in [5.74, 6) is -0.847. The normalized spacial score (nSPS) is 12.4. The van der Waals surface area contributed by atoms with Gasteiger partial charge >= 0.3 is 7.48 Å². The molecule has 2 amide bonds. The van der Waals surface area contributed by atoms with Gasteiger partial charge < -0.3 is 15.2 Å². The fraction of sp³-hybridized carbons (Fsp3) is 0.440. The number of nitrogens with zero attached hydrogens (tertiary/aromatic N) is 1. The van der Waals surface area contributed by atoms with Crippen LogP contribution in [0.1, 0.15) is 71.5 Å². The zero-order chi connectivity index (χ0) is 24.9. The highest BCUT2D eigenvalue weighted by atomic mass is 16.5. The van der Waals surface area contributed by atoms with E-state index in [-0.39, 0.29) is 23.8 Å². The molecule has 0 unspecified atom stereocenters. The predicted octanol–water partition coefficient (Wildman–Crippen LogP) is 2.01. The number of nitrogens with one attached hydrogen (secondary N) is 1.